The summed E-state index contributed by atoms with van der Waals surface area (Å²) < 4.78 is 0. The molecule has 2 heterocycles. The fourth-order valence-corrected chi connectivity index (χ4v) is 3.51. The van der Waals surface area contributed by atoms with Crippen molar-refractivity contribution in [2.24, 2.45) is 0 Å². The Balaban J connectivity index is 1.60. The number of fused-ring (bicyclic) bond motifs is 1. The predicted molar refractivity (Wildman–Crippen MR) is 112 cm³/mol. The molecule has 29 heavy (non-hydrogen) atoms. The number of phenols is 1. The van der Waals surface area contributed by atoms with Crippen LogP contribution in [0.2, 0.25) is 0 Å². The van der Waals surface area contributed by atoms with Crippen molar-refractivity contribution in [3.05, 3.63) is 58.4 Å². The SMILES string of the molecule is O=[N+]([O-])c1cc2c(NCCc3ccc(O)cc3)ncnc2cc1N1CCNCC1. The fourth-order valence-electron chi connectivity index (χ4n) is 3.51. The molecular formula is C20H22N6O3. The maximum Gasteiger partial charge on any atom is 0.293 e. The Bertz CT molecular complexity index is 1020. The molecule has 0 radical (unpaired) electrons. The first-order chi connectivity index (χ1) is 14.1. The van der Waals surface area contributed by atoms with Gasteiger partial charge in [-0.1, -0.05) is 12.1 Å². The number of nitrogens with one attached hydrogen (secondary N) is 2. The van der Waals surface area contributed by atoms with Gasteiger partial charge in [0.05, 0.1) is 10.4 Å². The van der Waals surface area contributed by atoms with E-state index in [1.807, 2.05) is 17.0 Å². The Morgan fingerprint density at radius 2 is 1.93 bits per heavy atom. The molecule has 3 N–H and O–H groups in total. The van der Waals surface area contributed by atoms with Crippen molar-refractivity contribution in [3.63, 3.8) is 0 Å². The summed E-state index contributed by atoms with van der Waals surface area (Å²) in [4.78, 5) is 22.0. The van der Waals surface area contributed by atoms with Gasteiger partial charge in [0.1, 0.15) is 23.6 Å². The van der Waals surface area contributed by atoms with Gasteiger partial charge in [0.15, 0.2) is 0 Å². The van der Waals surface area contributed by atoms with Crippen LogP contribution in [0.1, 0.15) is 5.56 Å². The minimum Gasteiger partial charge on any atom is -0.508 e. The number of hydrogen-bond donors (Lipinski definition) is 3. The largest absolute Gasteiger partial charge is 0.508 e. The molecule has 4 rings (SSSR count). The number of nitrogens with zero attached hydrogens (tertiary/aromatic N) is 4. The van der Waals surface area contributed by atoms with E-state index in [4.69, 9.17) is 0 Å². The summed E-state index contributed by atoms with van der Waals surface area (Å²) in [5.41, 5.74) is 2.40. The first-order valence-corrected chi connectivity index (χ1v) is 9.52. The van der Waals surface area contributed by atoms with E-state index in [9.17, 15) is 15.2 Å². The van der Waals surface area contributed by atoms with Crippen LogP contribution in [0.4, 0.5) is 17.2 Å². The van der Waals surface area contributed by atoms with Gasteiger partial charge in [-0.3, -0.25) is 10.1 Å². The topological polar surface area (TPSA) is 116 Å². The van der Waals surface area contributed by atoms with Crippen molar-refractivity contribution >= 4 is 28.1 Å². The normalized spacial score (nSPS) is 14.1. The van der Waals surface area contributed by atoms with Crippen LogP contribution < -0.4 is 15.5 Å². The van der Waals surface area contributed by atoms with Gasteiger partial charge in [-0.15, -0.1) is 0 Å². The van der Waals surface area contributed by atoms with Gasteiger partial charge in [0.2, 0.25) is 0 Å². The van der Waals surface area contributed by atoms with Crippen LogP contribution in [-0.4, -0.2) is 52.7 Å². The van der Waals surface area contributed by atoms with Gasteiger partial charge < -0.3 is 20.6 Å². The fraction of sp³-hybridized carbons (Fsp3) is 0.300. The van der Waals surface area contributed by atoms with Crippen molar-refractivity contribution in [1.29, 1.82) is 0 Å². The molecule has 9 nitrogen and oxygen atoms in total. The van der Waals surface area contributed by atoms with E-state index in [2.05, 4.69) is 20.6 Å². The van der Waals surface area contributed by atoms with Gasteiger partial charge in [-0.2, -0.15) is 0 Å². The lowest BCUT2D eigenvalue weighted by Crippen LogP contribution is -2.43. The van der Waals surface area contributed by atoms with Crippen molar-refractivity contribution in [1.82, 2.24) is 15.3 Å². The molecule has 0 unspecified atom stereocenters. The number of phenolic OH excluding ortho intramolecular Hbond substituents is 1. The summed E-state index contributed by atoms with van der Waals surface area (Å²) >= 11 is 0. The molecule has 0 spiro atoms. The summed E-state index contributed by atoms with van der Waals surface area (Å²) in [7, 11) is 0. The van der Waals surface area contributed by atoms with Gasteiger partial charge in [-0.05, 0) is 30.2 Å². The summed E-state index contributed by atoms with van der Waals surface area (Å²) in [5, 5.41) is 28.2. The summed E-state index contributed by atoms with van der Waals surface area (Å²) in [6.07, 6.45) is 2.20. The van der Waals surface area contributed by atoms with Gasteiger partial charge in [0.25, 0.3) is 5.69 Å². The molecule has 1 aliphatic rings. The zero-order chi connectivity index (χ0) is 20.2. The number of hydrogen-bond acceptors (Lipinski definition) is 8. The number of aromatic hydroxyl groups is 1. The third-order valence-corrected chi connectivity index (χ3v) is 5.03. The van der Waals surface area contributed by atoms with Crippen LogP contribution in [0.3, 0.4) is 0 Å². The number of benzene rings is 2. The van der Waals surface area contributed by atoms with Crippen molar-refractivity contribution in [3.8, 4) is 5.75 Å². The molecule has 0 bridgehead atoms. The van der Waals surface area contributed by atoms with Crippen LogP contribution in [0, 0.1) is 10.1 Å². The quantitative estimate of drug-likeness (QED) is 0.431. The summed E-state index contributed by atoms with van der Waals surface area (Å²) in [6, 6.07) is 10.4. The van der Waals surface area contributed by atoms with Crippen LogP contribution >= 0.6 is 0 Å². The molecule has 1 fully saturated rings. The first kappa shape index (κ1) is 18.9. The molecule has 0 amide bonds. The maximum absolute atomic E-state index is 11.7. The average Bonchev–Trinajstić information content (AvgIpc) is 2.75. The number of anilines is 2. The Labute approximate surface area is 167 Å². The van der Waals surface area contributed by atoms with Gasteiger partial charge in [0, 0.05) is 44.2 Å². The maximum atomic E-state index is 11.7. The number of rotatable bonds is 6. The average molecular weight is 394 g/mol. The second-order valence-corrected chi connectivity index (χ2v) is 6.92. The number of aromatic nitrogens is 2. The molecule has 1 saturated heterocycles. The summed E-state index contributed by atoms with van der Waals surface area (Å²) in [6.45, 7) is 3.63. The van der Waals surface area contributed by atoms with Gasteiger partial charge >= 0.3 is 0 Å². The highest BCUT2D eigenvalue weighted by atomic mass is 16.6. The molecule has 1 aliphatic heterocycles. The highest BCUT2D eigenvalue weighted by Crippen LogP contribution is 2.34. The van der Waals surface area contributed by atoms with Crippen LogP contribution in [0.15, 0.2) is 42.7 Å². The monoisotopic (exact) mass is 394 g/mol. The third kappa shape index (κ3) is 4.19. The molecule has 9 heteroatoms. The standard InChI is InChI=1S/C20H22N6O3/c27-15-3-1-14(2-4-15)5-6-22-20-16-11-19(26(28)29)18(12-17(16)23-13-24-20)25-9-7-21-8-10-25/h1-4,11-13,21,27H,5-10H2,(H,22,23,24). The lowest BCUT2D eigenvalue weighted by Gasteiger charge is -2.29. The van der Waals surface area contributed by atoms with E-state index in [-0.39, 0.29) is 16.4 Å². The minimum atomic E-state index is -0.343. The van der Waals surface area contributed by atoms with E-state index >= 15 is 0 Å². The Kier molecular flexibility index (Phi) is 5.39. The highest BCUT2D eigenvalue weighted by Gasteiger charge is 2.23. The molecule has 3 aromatic rings. The van der Waals surface area contributed by atoms with Gasteiger partial charge in [-0.25, -0.2) is 9.97 Å². The molecule has 0 saturated carbocycles. The predicted octanol–water partition coefficient (Wildman–Crippen LogP) is 2.31. The number of nitro benzene ring substituents is 1. The van der Waals surface area contributed by atoms with Crippen molar-refractivity contribution < 1.29 is 10.0 Å². The zero-order valence-corrected chi connectivity index (χ0v) is 15.8. The van der Waals surface area contributed by atoms with Crippen LogP contribution in [-0.2, 0) is 6.42 Å². The van der Waals surface area contributed by atoms with E-state index in [1.54, 1.807) is 24.3 Å². The van der Waals surface area contributed by atoms with E-state index < -0.39 is 0 Å². The molecule has 1 aromatic heterocycles. The second kappa shape index (κ2) is 8.27. The van der Waals surface area contributed by atoms with Crippen molar-refractivity contribution in [2.45, 2.75) is 6.42 Å². The molecule has 150 valence electrons. The summed E-state index contributed by atoms with van der Waals surface area (Å²) in [5.74, 6) is 0.805. The van der Waals surface area contributed by atoms with E-state index in [1.165, 1.54) is 6.33 Å². The molecule has 0 atom stereocenters. The first-order valence-electron chi connectivity index (χ1n) is 9.52. The molecular weight excluding hydrogens is 372 g/mol. The lowest BCUT2D eigenvalue weighted by molar-refractivity contribution is -0.384. The Morgan fingerprint density at radius 3 is 2.66 bits per heavy atom. The second-order valence-electron chi connectivity index (χ2n) is 6.92. The number of piperazine rings is 1. The minimum absolute atomic E-state index is 0.0655. The highest BCUT2D eigenvalue weighted by molar-refractivity contribution is 5.94. The van der Waals surface area contributed by atoms with Crippen LogP contribution in [0.25, 0.3) is 10.9 Å². The van der Waals surface area contributed by atoms with Crippen molar-refractivity contribution in [2.75, 3.05) is 42.9 Å². The Morgan fingerprint density at radius 1 is 1.17 bits per heavy atom. The molecule has 0 aliphatic carbocycles. The zero-order valence-electron chi connectivity index (χ0n) is 15.8. The van der Waals surface area contributed by atoms with E-state index in [0.717, 1.165) is 38.2 Å². The lowest BCUT2D eigenvalue weighted by atomic mass is 10.1. The van der Waals surface area contributed by atoms with Crippen LogP contribution in [0.5, 0.6) is 5.75 Å². The smallest absolute Gasteiger partial charge is 0.293 e. The third-order valence-electron chi connectivity index (χ3n) is 5.03. The Hall–Kier alpha value is -3.46. The number of nitro groups is 1. The van der Waals surface area contributed by atoms with E-state index in [0.29, 0.717) is 29.0 Å². The molecule has 2 aromatic carbocycles.